The number of carbonyl (C=O) groups is 1. The second kappa shape index (κ2) is 7.45. The number of nitrogens with zero attached hydrogens (tertiary/aromatic N) is 1. The van der Waals surface area contributed by atoms with Crippen LogP contribution in [-0.4, -0.2) is 37.3 Å². The summed E-state index contributed by atoms with van der Waals surface area (Å²) in [4.78, 5) is 13.5. The molecule has 0 spiro atoms. The van der Waals surface area contributed by atoms with Gasteiger partial charge in [-0.3, -0.25) is 4.79 Å². The molecule has 1 aliphatic heterocycles. The molecule has 23 heavy (non-hydrogen) atoms. The van der Waals surface area contributed by atoms with Crippen LogP contribution in [0.15, 0.2) is 12.1 Å². The first kappa shape index (κ1) is 17.3. The maximum Gasteiger partial charge on any atom is 0.387 e. The first-order valence-corrected chi connectivity index (χ1v) is 7.23. The normalized spacial score (nSPS) is 14.0. The Morgan fingerprint density at radius 1 is 1.39 bits per heavy atom. The number of rotatable bonds is 7. The molecule has 128 valence electrons. The van der Waals surface area contributed by atoms with Gasteiger partial charge in [0.2, 0.25) is 12.7 Å². The molecule has 0 aliphatic carbocycles. The zero-order chi connectivity index (χ0) is 17.0. The average Bonchev–Trinajstić information content (AvgIpc) is 2.91. The average molecular weight is 330 g/mol. The first-order valence-electron chi connectivity index (χ1n) is 7.23. The predicted molar refractivity (Wildman–Crippen MR) is 78.6 cm³/mol. The van der Waals surface area contributed by atoms with Crippen molar-refractivity contribution in [2.45, 2.75) is 39.0 Å². The fourth-order valence-corrected chi connectivity index (χ4v) is 2.18. The molecule has 1 amide bonds. The second-order valence-corrected chi connectivity index (χ2v) is 5.46. The topological polar surface area (TPSA) is 74.0 Å². The number of alkyl halides is 2. The van der Waals surface area contributed by atoms with Crippen molar-refractivity contribution in [3.8, 4) is 17.2 Å². The Bertz CT molecular complexity index is 567. The Morgan fingerprint density at radius 2 is 2.04 bits per heavy atom. The maximum atomic E-state index is 12.6. The van der Waals surface area contributed by atoms with Crippen LogP contribution in [0.5, 0.6) is 17.2 Å². The van der Waals surface area contributed by atoms with E-state index in [1.54, 1.807) is 13.1 Å². The van der Waals surface area contributed by atoms with Gasteiger partial charge in [-0.2, -0.15) is 8.78 Å². The zero-order valence-corrected chi connectivity index (χ0v) is 13.1. The lowest BCUT2D eigenvalue weighted by atomic mass is 10.1. The molecule has 0 saturated carbocycles. The van der Waals surface area contributed by atoms with Gasteiger partial charge in [-0.25, -0.2) is 0 Å². The number of benzene rings is 1. The summed E-state index contributed by atoms with van der Waals surface area (Å²) in [5.41, 5.74) is 6.05. The lowest BCUT2D eigenvalue weighted by Crippen LogP contribution is -2.28. The Balaban J connectivity index is 2.12. The number of hydrogen-bond donors (Lipinski definition) is 1. The molecule has 6 nitrogen and oxygen atoms in total. The van der Waals surface area contributed by atoms with Crippen molar-refractivity contribution in [2.24, 2.45) is 5.73 Å². The SMILES string of the molecule is CC(N)CCC(=O)N(C)Cc1cc2c(cc1OC(F)F)OCO2. The zero-order valence-electron chi connectivity index (χ0n) is 13.1. The monoisotopic (exact) mass is 330 g/mol. The Labute approximate surface area is 133 Å². The Morgan fingerprint density at radius 3 is 2.65 bits per heavy atom. The summed E-state index contributed by atoms with van der Waals surface area (Å²) in [7, 11) is 1.60. The van der Waals surface area contributed by atoms with Gasteiger partial charge in [-0.1, -0.05) is 0 Å². The minimum atomic E-state index is -2.96. The fourth-order valence-electron chi connectivity index (χ4n) is 2.18. The van der Waals surface area contributed by atoms with Gasteiger partial charge in [-0.15, -0.1) is 0 Å². The first-order chi connectivity index (χ1) is 10.9. The van der Waals surface area contributed by atoms with E-state index in [4.69, 9.17) is 15.2 Å². The highest BCUT2D eigenvalue weighted by molar-refractivity contribution is 5.76. The number of halogens is 2. The third-order valence-corrected chi connectivity index (χ3v) is 3.42. The molecule has 8 heteroatoms. The molecule has 1 unspecified atom stereocenters. The molecule has 1 atom stereocenters. The fraction of sp³-hybridized carbons (Fsp3) is 0.533. The van der Waals surface area contributed by atoms with Crippen LogP contribution in [0.25, 0.3) is 0 Å². The van der Waals surface area contributed by atoms with E-state index in [2.05, 4.69) is 4.74 Å². The largest absolute Gasteiger partial charge is 0.454 e. The molecule has 1 heterocycles. The highest BCUT2D eigenvalue weighted by Gasteiger charge is 2.21. The van der Waals surface area contributed by atoms with E-state index in [0.717, 1.165) is 0 Å². The molecular formula is C15H20F2N2O4. The van der Waals surface area contributed by atoms with Crippen molar-refractivity contribution in [1.29, 1.82) is 0 Å². The van der Waals surface area contributed by atoms with Crippen molar-refractivity contribution >= 4 is 5.91 Å². The highest BCUT2D eigenvalue weighted by Crippen LogP contribution is 2.39. The molecule has 0 radical (unpaired) electrons. The Hall–Kier alpha value is -2.09. The van der Waals surface area contributed by atoms with E-state index in [-0.39, 0.29) is 31.0 Å². The van der Waals surface area contributed by atoms with Crippen LogP contribution in [0, 0.1) is 0 Å². The summed E-state index contributed by atoms with van der Waals surface area (Å²) < 4.78 is 40.0. The predicted octanol–water partition coefficient (Wildman–Crippen LogP) is 2.10. The van der Waals surface area contributed by atoms with Crippen LogP contribution in [0.4, 0.5) is 8.78 Å². The number of nitrogens with two attached hydrogens (primary N) is 1. The van der Waals surface area contributed by atoms with E-state index in [1.807, 2.05) is 6.92 Å². The van der Waals surface area contributed by atoms with E-state index < -0.39 is 6.61 Å². The van der Waals surface area contributed by atoms with Gasteiger partial charge in [0.05, 0.1) is 0 Å². The molecule has 0 fully saturated rings. The lowest BCUT2D eigenvalue weighted by Gasteiger charge is -2.20. The summed E-state index contributed by atoms with van der Waals surface area (Å²) in [6.45, 7) is -1.00. The minimum absolute atomic E-state index is 0.0239. The van der Waals surface area contributed by atoms with E-state index in [1.165, 1.54) is 11.0 Å². The third kappa shape index (κ3) is 4.69. The standard InChI is InChI=1S/C15H20F2N2O4/c1-9(18)3-4-14(20)19(2)7-10-5-12-13(22-8-21-12)6-11(10)23-15(16)17/h5-6,9,15H,3-4,7-8,18H2,1-2H3. The molecule has 1 aliphatic rings. The van der Waals surface area contributed by atoms with Crippen molar-refractivity contribution in [3.63, 3.8) is 0 Å². The highest BCUT2D eigenvalue weighted by atomic mass is 19.3. The summed E-state index contributed by atoms with van der Waals surface area (Å²) in [5, 5.41) is 0. The second-order valence-electron chi connectivity index (χ2n) is 5.46. The smallest absolute Gasteiger partial charge is 0.387 e. The van der Waals surface area contributed by atoms with Gasteiger partial charge < -0.3 is 24.8 Å². The molecule has 1 aromatic rings. The van der Waals surface area contributed by atoms with E-state index in [0.29, 0.717) is 29.9 Å². The molecule has 2 N–H and O–H groups in total. The summed E-state index contributed by atoms with van der Waals surface area (Å²) >= 11 is 0. The number of ether oxygens (including phenoxy) is 3. The van der Waals surface area contributed by atoms with Gasteiger partial charge in [0.25, 0.3) is 0 Å². The number of amides is 1. The van der Waals surface area contributed by atoms with E-state index in [9.17, 15) is 13.6 Å². The summed E-state index contributed by atoms with van der Waals surface area (Å²) in [6, 6.07) is 2.83. The van der Waals surface area contributed by atoms with Gasteiger partial charge in [-0.05, 0) is 19.4 Å². The van der Waals surface area contributed by atoms with Gasteiger partial charge >= 0.3 is 6.61 Å². The lowest BCUT2D eigenvalue weighted by molar-refractivity contribution is -0.130. The minimum Gasteiger partial charge on any atom is -0.454 e. The number of hydrogen-bond acceptors (Lipinski definition) is 5. The van der Waals surface area contributed by atoms with Crippen LogP contribution < -0.4 is 19.9 Å². The molecule has 1 aromatic carbocycles. The van der Waals surface area contributed by atoms with Crippen LogP contribution in [0.2, 0.25) is 0 Å². The van der Waals surface area contributed by atoms with Crippen LogP contribution in [-0.2, 0) is 11.3 Å². The molecule has 0 saturated heterocycles. The van der Waals surface area contributed by atoms with Crippen molar-refractivity contribution < 1.29 is 27.8 Å². The van der Waals surface area contributed by atoms with Gasteiger partial charge in [0.1, 0.15) is 5.75 Å². The van der Waals surface area contributed by atoms with Crippen LogP contribution >= 0.6 is 0 Å². The van der Waals surface area contributed by atoms with Gasteiger partial charge in [0.15, 0.2) is 11.5 Å². The quantitative estimate of drug-likeness (QED) is 0.829. The van der Waals surface area contributed by atoms with Crippen molar-refractivity contribution in [1.82, 2.24) is 4.90 Å². The van der Waals surface area contributed by atoms with Crippen LogP contribution in [0.3, 0.4) is 0 Å². The maximum absolute atomic E-state index is 12.6. The summed E-state index contributed by atoms with van der Waals surface area (Å²) in [5.74, 6) is 0.632. The molecule has 2 rings (SSSR count). The van der Waals surface area contributed by atoms with E-state index >= 15 is 0 Å². The van der Waals surface area contributed by atoms with Crippen molar-refractivity contribution in [3.05, 3.63) is 17.7 Å². The molecule has 0 bridgehead atoms. The third-order valence-electron chi connectivity index (χ3n) is 3.42. The number of carbonyl (C=O) groups excluding carboxylic acids is 1. The summed E-state index contributed by atoms with van der Waals surface area (Å²) in [6.07, 6.45) is 0.856. The van der Waals surface area contributed by atoms with Crippen molar-refractivity contribution in [2.75, 3.05) is 13.8 Å². The molecular weight excluding hydrogens is 310 g/mol. The Kier molecular flexibility index (Phi) is 5.59. The van der Waals surface area contributed by atoms with Gasteiger partial charge in [0, 0.05) is 37.7 Å². The molecule has 0 aromatic heterocycles. The van der Waals surface area contributed by atoms with Crippen LogP contribution in [0.1, 0.15) is 25.3 Å². The number of fused-ring (bicyclic) bond motifs is 1.